The lowest BCUT2D eigenvalue weighted by atomic mass is 9.97. The van der Waals surface area contributed by atoms with Crippen LogP contribution < -0.4 is 10.6 Å². The number of carbonyl (C=O) groups excluding carboxylic acids is 2. The number of benzene rings is 1. The molecule has 1 saturated heterocycles. The third-order valence-electron chi connectivity index (χ3n) is 4.48. The minimum absolute atomic E-state index is 0.0656. The normalized spacial score (nSPS) is 20.1. The van der Waals surface area contributed by atoms with Gasteiger partial charge in [0.05, 0.1) is 4.91 Å². The Hall–Kier alpha value is -2.28. The van der Waals surface area contributed by atoms with Gasteiger partial charge in [-0.3, -0.25) is 9.59 Å². The van der Waals surface area contributed by atoms with Crippen molar-refractivity contribution in [3.8, 4) is 0 Å². The Morgan fingerprint density at radius 2 is 1.92 bits per heavy atom. The van der Waals surface area contributed by atoms with Gasteiger partial charge in [0.25, 0.3) is 5.91 Å². The number of rotatable bonds is 3. The van der Waals surface area contributed by atoms with Crippen LogP contribution in [0.2, 0.25) is 0 Å². The highest BCUT2D eigenvalue weighted by Gasteiger charge is 2.30. The van der Waals surface area contributed by atoms with Gasteiger partial charge >= 0.3 is 0 Å². The van der Waals surface area contributed by atoms with E-state index in [1.807, 2.05) is 49.3 Å². The standard InChI is InChI=1S/C18H22N4O2S/c1-21(2)14-5-3-12(4-6-14)11-15-17(24)20-18(25-15)22-9-7-13(8-10-22)16(19)23/h3-6,11,13H,7-10H2,1-2H3,(H2,19,23). The van der Waals surface area contributed by atoms with Crippen LogP contribution in [0.1, 0.15) is 18.4 Å². The zero-order valence-corrected chi connectivity index (χ0v) is 15.3. The molecule has 0 radical (unpaired) electrons. The minimum atomic E-state index is -0.238. The Morgan fingerprint density at radius 3 is 2.48 bits per heavy atom. The summed E-state index contributed by atoms with van der Waals surface area (Å²) in [6.45, 7) is 1.41. The molecule has 0 spiro atoms. The van der Waals surface area contributed by atoms with Crippen LogP contribution in [0.4, 0.5) is 5.69 Å². The first kappa shape index (κ1) is 17.5. The molecule has 25 heavy (non-hydrogen) atoms. The second-order valence-electron chi connectivity index (χ2n) is 6.46. The lowest BCUT2D eigenvalue weighted by Gasteiger charge is -2.31. The number of aliphatic imine (C=N–C) groups is 1. The van der Waals surface area contributed by atoms with Crippen LogP contribution in [-0.2, 0) is 9.59 Å². The number of primary amides is 1. The quantitative estimate of drug-likeness (QED) is 0.835. The molecule has 0 aromatic heterocycles. The largest absolute Gasteiger partial charge is 0.378 e. The van der Waals surface area contributed by atoms with Crippen LogP contribution in [0.25, 0.3) is 6.08 Å². The third kappa shape index (κ3) is 4.04. The molecule has 3 rings (SSSR count). The SMILES string of the molecule is CN(C)c1ccc(C=C2SC(N3CCC(C(N)=O)CC3)=NC2=O)cc1. The second kappa shape index (κ2) is 7.31. The maximum absolute atomic E-state index is 12.2. The van der Waals surface area contributed by atoms with E-state index in [2.05, 4.69) is 9.89 Å². The first-order valence-corrected chi connectivity index (χ1v) is 9.10. The first-order valence-electron chi connectivity index (χ1n) is 8.28. The summed E-state index contributed by atoms with van der Waals surface area (Å²) in [7, 11) is 3.98. The van der Waals surface area contributed by atoms with E-state index in [0.29, 0.717) is 30.8 Å². The summed E-state index contributed by atoms with van der Waals surface area (Å²) >= 11 is 1.40. The van der Waals surface area contributed by atoms with Crippen LogP contribution in [0.5, 0.6) is 0 Å². The Balaban J connectivity index is 1.65. The van der Waals surface area contributed by atoms with Gasteiger partial charge in [-0.2, -0.15) is 4.99 Å². The van der Waals surface area contributed by atoms with E-state index in [4.69, 9.17) is 5.73 Å². The summed E-state index contributed by atoms with van der Waals surface area (Å²) in [4.78, 5) is 32.4. The lowest BCUT2D eigenvalue weighted by molar-refractivity contribution is -0.123. The van der Waals surface area contributed by atoms with E-state index in [-0.39, 0.29) is 17.7 Å². The fourth-order valence-corrected chi connectivity index (χ4v) is 3.87. The number of piperidine rings is 1. The zero-order valence-electron chi connectivity index (χ0n) is 14.4. The van der Waals surface area contributed by atoms with Crippen LogP contribution >= 0.6 is 11.8 Å². The van der Waals surface area contributed by atoms with Crippen molar-refractivity contribution in [2.75, 3.05) is 32.1 Å². The summed E-state index contributed by atoms with van der Waals surface area (Å²) in [5, 5.41) is 0.726. The minimum Gasteiger partial charge on any atom is -0.378 e. The van der Waals surface area contributed by atoms with Crippen molar-refractivity contribution in [3.05, 3.63) is 34.7 Å². The van der Waals surface area contributed by atoms with Gasteiger partial charge in [0.2, 0.25) is 5.91 Å². The number of nitrogens with zero attached hydrogens (tertiary/aromatic N) is 3. The smallest absolute Gasteiger partial charge is 0.286 e. The zero-order chi connectivity index (χ0) is 18.0. The van der Waals surface area contributed by atoms with E-state index in [1.54, 1.807) is 0 Å². The third-order valence-corrected chi connectivity index (χ3v) is 5.53. The molecule has 7 heteroatoms. The van der Waals surface area contributed by atoms with Gasteiger partial charge in [-0.1, -0.05) is 12.1 Å². The Labute approximate surface area is 151 Å². The van der Waals surface area contributed by atoms with E-state index >= 15 is 0 Å². The van der Waals surface area contributed by atoms with E-state index in [1.165, 1.54) is 11.8 Å². The van der Waals surface area contributed by atoms with Crippen molar-refractivity contribution < 1.29 is 9.59 Å². The maximum atomic E-state index is 12.2. The number of hydrogen-bond acceptors (Lipinski definition) is 5. The fourth-order valence-electron chi connectivity index (χ4n) is 2.91. The van der Waals surface area contributed by atoms with Crippen molar-refractivity contribution in [1.29, 1.82) is 0 Å². The van der Waals surface area contributed by atoms with Crippen molar-refractivity contribution in [3.63, 3.8) is 0 Å². The number of nitrogens with two attached hydrogens (primary N) is 1. The summed E-state index contributed by atoms with van der Waals surface area (Å²) in [6.07, 6.45) is 3.31. The average molecular weight is 358 g/mol. The summed E-state index contributed by atoms with van der Waals surface area (Å²) in [6, 6.07) is 8.03. The summed E-state index contributed by atoms with van der Waals surface area (Å²) in [5.41, 5.74) is 7.46. The summed E-state index contributed by atoms with van der Waals surface area (Å²) in [5.74, 6) is -0.503. The molecule has 2 aliphatic heterocycles. The molecule has 1 aromatic carbocycles. The van der Waals surface area contributed by atoms with Crippen molar-refractivity contribution in [2.24, 2.45) is 16.6 Å². The van der Waals surface area contributed by atoms with E-state index in [0.717, 1.165) is 16.4 Å². The molecule has 1 fully saturated rings. The Morgan fingerprint density at radius 1 is 1.28 bits per heavy atom. The number of thioether (sulfide) groups is 1. The number of anilines is 1. The van der Waals surface area contributed by atoms with Gasteiger partial charge < -0.3 is 15.5 Å². The maximum Gasteiger partial charge on any atom is 0.286 e. The summed E-state index contributed by atoms with van der Waals surface area (Å²) < 4.78 is 0. The van der Waals surface area contributed by atoms with Gasteiger partial charge in [0, 0.05) is 38.8 Å². The van der Waals surface area contributed by atoms with E-state index in [9.17, 15) is 9.59 Å². The Bertz CT molecular complexity index is 732. The number of hydrogen-bond donors (Lipinski definition) is 1. The molecule has 6 nitrogen and oxygen atoms in total. The van der Waals surface area contributed by atoms with Crippen molar-refractivity contribution in [1.82, 2.24) is 4.90 Å². The van der Waals surface area contributed by atoms with Gasteiger partial charge in [0.15, 0.2) is 5.17 Å². The number of carbonyl (C=O) groups is 2. The highest BCUT2D eigenvalue weighted by Crippen LogP contribution is 2.32. The predicted molar refractivity (Wildman–Crippen MR) is 102 cm³/mol. The van der Waals surface area contributed by atoms with Crippen molar-refractivity contribution >= 4 is 40.5 Å². The van der Waals surface area contributed by atoms with Gasteiger partial charge in [-0.25, -0.2) is 0 Å². The van der Waals surface area contributed by atoms with Gasteiger partial charge in [-0.15, -0.1) is 0 Å². The number of amides is 2. The van der Waals surface area contributed by atoms with E-state index < -0.39 is 0 Å². The fraction of sp³-hybridized carbons (Fsp3) is 0.389. The van der Waals surface area contributed by atoms with Crippen LogP contribution in [-0.4, -0.2) is 49.1 Å². The number of likely N-dealkylation sites (tertiary alicyclic amines) is 1. The monoisotopic (exact) mass is 358 g/mol. The molecule has 0 saturated carbocycles. The molecule has 2 aliphatic rings. The molecule has 0 bridgehead atoms. The predicted octanol–water partition coefficient (Wildman–Crippen LogP) is 1.92. The molecule has 1 aromatic rings. The highest BCUT2D eigenvalue weighted by atomic mass is 32.2. The molecule has 2 heterocycles. The molecule has 0 aliphatic carbocycles. The molecule has 2 amide bonds. The molecular weight excluding hydrogens is 336 g/mol. The topological polar surface area (TPSA) is 79.0 Å². The second-order valence-corrected chi connectivity index (χ2v) is 7.47. The molecule has 0 atom stereocenters. The highest BCUT2D eigenvalue weighted by molar-refractivity contribution is 8.18. The molecule has 0 unspecified atom stereocenters. The van der Waals surface area contributed by atoms with Crippen molar-refractivity contribution in [2.45, 2.75) is 12.8 Å². The Kier molecular flexibility index (Phi) is 5.13. The lowest BCUT2D eigenvalue weighted by Crippen LogP contribution is -2.40. The van der Waals surface area contributed by atoms with Gasteiger partial charge in [-0.05, 0) is 48.4 Å². The molecule has 132 valence electrons. The van der Waals surface area contributed by atoms with Gasteiger partial charge in [0.1, 0.15) is 0 Å². The molecular formula is C18H22N4O2S. The van der Waals surface area contributed by atoms with Crippen LogP contribution in [0.3, 0.4) is 0 Å². The number of amidine groups is 1. The van der Waals surface area contributed by atoms with Crippen LogP contribution in [0.15, 0.2) is 34.2 Å². The first-order chi connectivity index (χ1) is 11.9. The average Bonchev–Trinajstić information content (AvgIpc) is 2.96. The van der Waals surface area contributed by atoms with Crippen LogP contribution in [0, 0.1) is 5.92 Å². The molecule has 2 N–H and O–H groups in total.